The molecule has 6 nitrogen and oxygen atoms in total. The van der Waals surface area contributed by atoms with Gasteiger partial charge in [-0.25, -0.2) is 4.79 Å². The number of hydrogen-bond donors (Lipinski definition) is 2. The van der Waals surface area contributed by atoms with Gasteiger partial charge in [0, 0.05) is 6.04 Å². The number of rotatable bonds is 6. The second-order valence-corrected chi connectivity index (χ2v) is 6.16. The van der Waals surface area contributed by atoms with E-state index in [9.17, 15) is 15.0 Å². The Morgan fingerprint density at radius 3 is 2.68 bits per heavy atom. The number of benzene rings is 2. The van der Waals surface area contributed by atoms with Crippen molar-refractivity contribution in [2.24, 2.45) is 0 Å². The molecule has 1 saturated heterocycles. The maximum atomic E-state index is 12.1. The summed E-state index contributed by atoms with van der Waals surface area (Å²) in [6.45, 7) is 2.68. The van der Waals surface area contributed by atoms with Crippen LogP contribution in [0.2, 0.25) is 0 Å². The average Bonchev–Trinajstić information content (AvgIpc) is 2.98. The molecule has 0 spiro atoms. The minimum atomic E-state index is -0.364. The van der Waals surface area contributed by atoms with Crippen LogP contribution >= 0.6 is 0 Å². The molecule has 0 unspecified atom stereocenters. The quantitative estimate of drug-likeness (QED) is 0.789. The van der Waals surface area contributed by atoms with Crippen molar-refractivity contribution < 1.29 is 24.5 Å². The molecule has 0 saturated carbocycles. The number of carbonyl (C=O) groups is 1. The third kappa shape index (κ3) is 4.15. The topological polar surface area (TPSA) is 79.2 Å². The number of carbonyl (C=O) groups excluding carboxylic acids is 1. The van der Waals surface area contributed by atoms with Crippen LogP contribution in [0.3, 0.4) is 0 Å². The van der Waals surface area contributed by atoms with Crippen molar-refractivity contribution in [2.45, 2.75) is 25.5 Å². The Hall–Kier alpha value is -2.89. The first-order chi connectivity index (χ1) is 12.0. The van der Waals surface area contributed by atoms with Gasteiger partial charge in [0.15, 0.2) is 17.6 Å². The summed E-state index contributed by atoms with van der Waals surface area (Å²) in [7, 11) is 0. The number of amides is 1. The molecule has 25 heavy (non-hydrogen) atoms. The highest BCUT2D eigenvalue weighted by Crippen LogP contribution is 2.26. The molecular formula is C19H21NO5. The molecule has 0 aliphatic carbocycles. The Morgan fingerprint density at radius 1 is 1.20 bits per heavy atom. The van der Waals surface area contributed by atoms with Crippen LogP contribution in [-0.2, 0) is 11.2 Å². The lowest BCUT2D eigenvalue weighted by molar-refractivity contribution is 0.102. The van der Waals surface area contributed by atoms with Crippen LogP contribution in [0.1, 0.15) is 12.5 Å². The second-order valence-electron chi connectivity index (χ2n) is 6.16. The SMILES string of the molecule is C[C@@H](Cc1ccc(O)c(O)c1)N1C[C@@H](COc2ccccc2)OC1=O. The van der Waals surface area contributed by atoms with Crippen LogP contribution in [0.4, 0.5) is 4.79 Å². The molecule has 1 heterocycles. The standard InChI is InChI=1S/C19H21NO5/c1-13(9-14-7-8-17(21)18(22)10-14)20-11-16(25-19(20)23)12-24-15-5-3-2-4-6-15/h2-8,10,13,16,21-22H,9,11-12H2,1H3/t13-,16-/m0/s1. The minimum Gasteiger partial charge on any atom is -0.504 e. The largest absolute Gasteiger partial charge is 0.504 e. The van der Waals surface area contributed by atoms with Crippen molar-refractivity contribution in [3.05, 3.63) is 54.1 Å². The highest BCUT2D eigenvalue weighted by Gasteiger charge is 2.34. The van der Waals surface area contributed by atoms with E-state index in [0.717, 1.165) is 11.3 Å². The van der Waals surface area contributed by atoms with Gasteiger partial charge in [-0.2, -0.15) is 0 Å². The fraction of sp³-hybridized carbons (Fsp3) is 0.316. The predicted octanol–water partition coefficient (Wildman–Crippen LogP) is 2.93. The molecule has 1 aliphatic rings. The Balaban J connectivity index is 1.55. The number of phenolic OH excluding ortho intramolecular Hbond substituents is 2. The first kappa shape index (κ1) is 17.0. The van der Waals surface area contributed by atoms with Crippen LogP contribution in [0.5, 0.6) is 17.2 Å². The van der Waals surface area contributed by atoms with E-state index in [1.807, 2.05) is 37.3 Å². The fourth-order valence-corrected chi connectivity index (χ4v) is 2.84. The lowest BCUT2D eigenvalue weighted by Gasteiger charge is -2.22. The van der Waals surface area contributed by atoms with Crippen molar-refractivity contribution in [3.63, 3.8) is 0 Å². The van der Waals surface area contributed by atoms with Crippen molar-refractivity contribution in [2.75, 3.05) is 13.2 Å². The zero-order valence-corrected chi connectivity index (χ0v) is 14.0. The van der Waals surface area contributed by atoms with E-state index in [4.69, 9.17) is 9.47 Å². The van der Waals surface area contributed by atoms with Gasteiger partial charge in [0.1, 0.15) is 12.4 Å². The van der Waals surface area contributed by atoms with Gasteiger partial charge in [0.05, 0.1) is 6.54 Å². The molecule has 0 bridgehead atoms. The van der Waals surface area contributed by atoms with Gasteiger partial charge in [0.2, 0.25) is 0 Å². The molecule has 2 aromatic carbocycles. The van der Waals surface area contributed by atoms with E-state index < -0.39 is 0 Å². The summed E-state index contributed by atoms with van der Waals surface area (Å²) >= 11 is 0. The van der Waals surface area contributed by atoms with Crippen LogP contribution in [-0.4, -0.2) is 46.5 Å². The average molecular weight is 343 g/mol. The summed E-state index contributed by atoms with van der Waals surface area (Å²) in [4.78, 5) is 13.8. The molecule has 1 aliphatic heterocycles. The van der Waals surface area contributed by atoms with Crippen LogP contribution in [0.15, 0.2) is 48.5 Å². The molecule has 2 aromatic rings. The van der Waals surface area contributed by atoms with E-state index >= 15 is 0 Å². The molecule has 2 atom stereocenters. The number of hydrogen-bond acceptors (Lipinski definition) is 5. The highest BCUT2D eigenvalue weighted by molar-refractivity contribution is 5.70. The van der Waals surface area contributed by atoms with Crippen molar-refractivity contribution in [3.8, 4) is 17.2 Å². The summed E-state index contributed by atoms with van der Waals surface area (Å²) in [6.07, 6.45) is -0.129. The lowest BCUT2D eigenvalue weighted by Crippen LogP contribution is -2.36. The van der Waals surface area contributed by atoms with E-state index in [1.54, 1.807) is 11.0 Å². The van der Waals surface area contributed by atoms with E-state index in [-0.39, 0.29) is 29.7 Å². The van der Waals surface area contributed by atoms with Gasteiger partial charge in [0.25, 0.3) is 0 Å². The Morgan fingerprint density at radius 2 is 1.96 bits per heavy atom. The summed E-state index contributed by atoms with van der Waals surface area (Å²) in [6, 6.07) is 14.0. The van der Waals surface area contributed by atoms with Gasteiger partial charge in [-0.1, -0.05) is 24.3 Å². The van der Waals surface area contributed by atoms with Gasteiger partial charge in [-0.05, 0) is 43.2 Å². The summed E-state index contributed by atoms with van der Waals surface area (Å²) < 4.78 is 11.0. The maximum absolute atomic E-state index is 12.1. The monoisotopic (exact) mass is 343 g/mol. The number of aromatic hydroxyl groups is 2. The van der Waals surface area contributed by atoms with Gasteiger partial charge < -0.3 is 24.6 Å². The molecule has 132 valence electrons. The molecule has 1 amide bonds. The van der Waals surface area contributed by atoms with Crippen molar-refractivity contribution >= 4 is 6.09 Å². The minimum absolute atomic E-state index is 0.0989. The van der Waals surface area contributed by atoms with Crippen molar-refractivity contribution in [1.29, 1.82) is 0 Å². The number of nitrogens with zero attached hydrogens (tertiary/aromatic N) is 1. The molecule has 1 fully saturated rings. The summed E-state index contributed by atoms with van der Waals surface area (Å²) in [5.74, 6) is 0.419. The van der Waals surface area contributed by atoms with Gasteiger partial charge in [-0.3, -0.25) is 0 Å². The molecule has 0 radical (unpaired) electrons. The van der Waals surface area contributed by atoms with Gasteiger partial charge >= 0.3 is 6.09 Å². The number of phenols is 2. The Bertz CT molecular complexity index is 734. The Kier molecular flexibility index (Phi) is 4.97. The number of cyclic esters (lactones) is 1. The van der Waals surface area contributed by atoms with Gasteiger partial charge in [-0.15, -0.1) is 0 Å². The van der Waals surface area contributed by atoms with Crippen LogP contribution < -0.4 is 4.74 Å². The van der Waals surface area contributed by atoms with Crippen LogP contribution in [0, 0.1) is 0 Å². The zero-order chi connectivity index (χ0) is 17.8. The maximum Gasteiger partial charge on any atom is 0.410 e. The molecular weight excluding hydrogens is 322 g/mol. The molecule has 2 N–H and O–H groups in total. The fourth-order valence-electron chi connectivity index (χ4n) is 2.84. The summed E-state index contributed by atoms with van der Waals surface area (Å²) in [5.41, 5.74) is 0.833. The first-order valence-electron chi connectivity index (χ1n) is 8.19. The lowest BCUT2D eigenvalue weighted by atomic mass is 10.1. The predicted molar refractivity (Wildman–Crippen MR) is 91.8 cm³/mol. The van der Waals surface area contributed by atoms with Crippen LogP contribution in [0.25, 0.3) is 0 Å². The normalized spacial score (nSPS) is 18.0. The highest BCUT2D eigenvalue weighted by atomic mass is 16.6. The van der Waals surface area contributed by atoms with E-state index in [1.165, 1.54) is 12.1 Å². The number of ether oxygens (including phenoxy) is 2. The van der Waals surface area contributed by atoms with Crippen molar-refractivity contribution in [1.82, 2.24) is 4.90 Å². The first-order valence-corrected chi connectivity index (χ1v) is 8.19. The zero-order valence-electron chi connectivity index (χ0n) is 14.0. The smallest absolute Gasteiger partial charge is 0.410 e. The summed E-state index contributed by atoms with van der Waals surface area (Å²) in [5, 5.41) is 18.9. The molecule has 0 aromatic heterocycles. The Labute approximate surface area is 146 Å². The molecule has 6 heteroatoms. The number of para-hydroxylation sites is 1. The van der Waals surface area contributed by atoms with E-state index in [2.05, 4.69) is 0 Å². The third-order valence-electron chi connectivity index (χ3n) is 4.18. The molecule has 3 rings (SSSR count). The second kappa shape index (κ2) is 7.34. The van der Waals surface area contributed by atoms with E-state index in [0.29, 0.717) is 19.6 Å². The third-order valence-corrected chi connectivity index (χ3v) is 4.18.